The highest BCUT2D eigenvalue weighted by Gasteiger charge is 2.23. The van der Waals surface area contributed by atoms with E-state index in [4.69, 9.17) is 11.0 Å². The van der Waals surface area contributed by atoms with Crippen LogP contribution in [0.15, 0.2) is 78.8 Å². The molecule has 0 atom stereocenters. The Labute approximate surface area is 213 Å². The monoisotopic (exact) mass is 498 g/mol. The van der Waals surface area contributed by atoms with Crippen molar-refractivity contribution in [3.8, 4) is 23.0 Å². The average Bonchev–Trinajstić information content (AvgIpc) is 3.23. The van der Waals surface area contributed by atoms with Crippen molar-refractivity contribution in [2.45, 2.75) is 19.3 Å². The Hall–Kier alpha value is -4.71. The largest absolute Gasteiger partial charge is 0.398 e. The van der Waals surface area contributed by atoms with Gasteiger partial charge in [0, 0.05) is 42.4 Å². The summed E-state index contributed by atoms with van der Waals surface area (Å²) < 4.78 is 31.3. The number of benzene rings is 2. The third-order valence-electron chi connectivity index (χ3n) is 6.36. The van der Waals surface area contributed by atoms with Crippen LogP contribution in [0.25, 0.3) is 16.9 Å². The first kappa shape index (κ1) is 24.0. The molecule has 9 heteroatoms. The first-order chi connectivity index (χ1) is 17.9. The molecule has 7 nitrogen and oxygen atoms in total. The van der Waals surface area contributed by atoms with Crippen molar-refractivity contribution in [1.82, 2.24) is 14.7 Å². The molecule has 2 aliphatic heterocycles. The molecule has 1 amide bonds. The zero-order chi connectivity index (χ0) is 25.9. The first-order valence-corrected chi connectivity index (χ1v) is 11.9. The van der Waals surface area contributed by atoms with Gasteiger partial charge in [-0.2, -0.15) is 10.4 Å². The van der Waals surface area contributed by atoms with Crippen molar-refractivity contribution in [3.05, 3.63) is 102 Å². The van der Waals surface area contributed by atoms with E-state index in [1.54, 1.807) is 30.4 Å². The number of aromatic nitrogens is 2. The number of nitriles is 1. The van der Waals surface area contributed by atoms with E-state index in [1.807, 2.05) is 6.07 Å². The van der Waals surface area contributed by atoms with E-state index in [-0.39, 0.29) is 16.9 Å². The van der Waals surface area contributed by atoms with Gasteiger partial charge in [-0.25, -0.2) is 13.5 Å². The van der Waals surface area contributed by atoms with E-state index in [0.29, 0.717) is 17.0 Å². The molecule has 5 rings (SSSR count). The van der Waals surface area contributed by atoms with E-state index in [2.05, 4.69) is 10.00 Å². The molecule has 1 fully saturated rings. The van der Waals surface area contributed by atoms with Crippen molar-refractivity contribution >= 4 is 11.6 Å². The molecule has 0 aliphatic carbocycles. The highest BCUT2D eigenvalue weighted by molar-refractivity contribution is 5.95. The van der Waals surface area contributed by atoms with Crippen LogP contribution in [0.1, 0.15) is 35.3 Å². The molecule has 186 valence electrons. The van der Waals surface area contributed by atoms with Crippen LogP contribution in [0.2, 0.25) is 0 Å². The Morgan fingerprint density at radius 2 is 1.81 bits per heavy atom. The molecule has 3 aromatic rings. The smallest absolute Gasteiger partial charge is 0.282 e. The lowest BCUT2D eigenvalue weighted by Crippen LogP contribution is -2.29. The van der Waals surface area contributed by atoms with Gasteiger partial charge in [-0.3, -0.25) is 9.69 Å². The predicted octanol–water partition coefficient (Wildman–Crippen LogP) is 5.01. The van der Waals surface area contributed by atoms with Crippen LogP contribution in [-0.4, -0.2) is 33.7 Å². The van der Waals surface area contributed by atoms with Crippen LogP contribution in [0.5, 0.6) is 0 Å². The van der Waals surface area contributed by atoms with E-state index in [1.165, 1.54) is 52.3 Å². The molecule has 3 heterocycles. The second-order valence-electron chi connectivity index (χ2n) is 8.86. The van der Waals surface area contributed by atoms with Gasteiger partial charge in [-0.15, -0.1) is 0 Å². The highest BCUT2D eigenvalue weighted by Crippen LogP contribution is 2.30. The van der Waals surface area contributed by atoms with Gasteiger partial charge in [-0.1, -0.05) is 12.1 Å². The number of nitrogens with two attached hydrogens (primary N) is 1. The summed E-state index contributed by atoms with van der Waals surface area (Å²) >= 11 is 0. The molecule has 0 bridgehead atoms. The van der Waals surface area contributed by atoms with E-state index in [0.717, 1.165) is 38.0 Å². The summed E-state index contributed by atoms with van der Waals surface area (Å²) in [6.45, 7) is 1.73. The lowest BCUT2D eigenvalue weighted by Gasteiger charge is -2.29. The quantitative estimate of drug-likeness (QED) is 0.546. The van der Waals surface area contributed by atoms with Crippen LogP contribution in [-0.2, 0) is 0 Å². The van der Waals surface area contributed by atoms with Crippen molar-refractivity contribution < 1.29 is 13.6 Å². The standard InChI is InChI=1S/C28H24F2N6O/c29-23-14-19(7-8-20(23)17-31)27-16-25(28(37)35-13-5-2-6-21(32)18-35)33-36(27)26-10-9-22(15-24(26)30)34-11-3-1-4-12-34/h2,5-10,13-16,18H,1,3-4,11-12,32H2. The maximum absolute atomic E-state index is 15.5. The van der Waals surface area contributed by atoms with Gasteiger partial charge in [0.25, 0.3) is 5.91 Å². The van der Waals surface area contributed by atoms with Crippen LogP contribution >= 0.6 is 0 Å². The molecule has 0 saturated carbocycles. The van der Waals surface area contributed by atoms with E-state index >= 15 is 4.39 Å². The van der Waals surface area contributed by atoms with Crippen LogP contribution in [0.3, 0.4) is 0 Å². The van der Waals surface area contributed by atoms with Gasteiger partial charge in [0.15, 0.2) is 11.5 Å². The third kappa shape index (κ3) is 4.86. The Bertz CT molecular complexity index is 1490. The zero-order valence-electron chi connectivity index (χ0n) is 19.9. The fourth-order valence-corrected chi connectivity index (χ4v) is 4.47. The molecule has 0 unspecified atom stereocenters. The van der Waals surface area contributed by atoms with Crippen molar-refractivity contribution in [1.29, 1.82) is 5.26 Å². The van der Waals surface area contributed by atoms with E-state index < -0.39 is 17.5 Å². The van der Waals surface area contributed by atoms with Crippen LogP contribution in [0, 0.1) is 23.0 Å². The summed E-state index contributed by atoms with van der Waals surface area (Å²) in [5, 5.41) is 13.5. The average molecular weight is 499 g/mol. The third-order valence-corrected chi connectivity index (χ3v) is 6.36. The van der Waals surface area contributed by atoms with Gasteiger partial charge in [0.05, 0.1) is 11.3 Å². The summed E-state index contributed by atoms with van der Waals surface area (Å²) in [7, 11) is 0. The van der Waals surface area contributed by atoms with Crippen molar-refractivity contribution in [3.63, 3.8) is 0 Å². The van der Waals surface area contributed by atoms with Crippen molar-refractivity contribution in [2.24, 2.45) is 5.73 Å². The molecule has 0 radical (unpaired) electrons. The predicted molar refractivity (Wildman–Crippen MR) is 136 cm³/mol. The molecule has 0 spiro atoms. The number of allylic oxidation sites excluding steroid dienone is 3. The number of hydrogen-bond donors (Lipinski definition) is 1. The van der Waals surface area contributed by atoms with Gasteiger partial charge in [0.2, 0.25) is 0 Å². The van der Waals surface area contributed by atoms with Crippen molar-refractivity contribution in [2.75, 3.05) is 18.0 Å². The lowest BCUT2D eigenvalue weighted by atomic mass is 10.1. The van der Waals surface area contributed by atoms with Crippen LogP contribution < -0.4 is 10.6 Å². The summed E-state index contributed by atoms with van der Waals surface area (Å²) in [6, 6.07) is 12.2. The number of carbonyl (C=O) groups excluding carboxylic acids is 1. The molecule has 2 aliphatic rings. The molecule has 37 heavy (non-hydrogen) atoms. The fraction of sp³-hybridized carbons (Fsp3) is 0.179. The minimum absolute atomic E-state index is 0.00914. The number of nitrogens with zero attached hydrogens (tertiary/aromatic N) is 5. The van der Waals surface area contributed by atoms with E-state index in [9.17, 15) is 9.18 Å². The molecular formula is C28H24F2N6O. The highest BCUT2D eigenvalue weighted by atomic mass is 19.1. The minimum Gasteiger partial charge on any atom is -0.398 e. The SMILES string of the molecule is N#Cc1ccc(-c2cc(C(=O)N3C=CC=CC(N)=C3)nn2-c2ccc(N3CCCCC3)cc2F)cc1F. The molecule has 1 aromatic heterocycles. The summed E-state index contributed by atoms with van der Waals surface area (Å²) in [6.07, 6.45) is 11.3. The Balaban J connectivity index is 1.60. The lowest BCUT2D eigenvalue weighted by molar-refractivity contribution is 0.0863. The van der Waals surface area contributed by atoms with Gasteiger partial charge < -0.3 is 10.6 Å². The molecule has 2 aromatic carbocycles. The zero-order valence-corrected chi connectivity index (χ0v) is 19.9. The second kappa shape index (κ2) is 10.1. The maximum atomic E-state index is 15.5. The first-order valence-electron chi connectivity index (χ1n) is 11.9. The summed E-state index contributed by atoms with van der Waals surface area (Å²) in [5.41, 5.74) is 7.67. The number of amides is 1. The normalized spacial score (nSPS) is 15.3. The topological polar surface area (TPSA) is 91.2 Å². The summed E-state index contributed by atoms with van der Waals surface area (Å²) in [4.78, 5) is 16.7. The number of anilines is 1. The number of carbonyl (C=O) groups is 1. The fourth-order valence-electron chi connectivity index (χ4n) is 4.47. The minimum atomic E-state index is -0.723. The number of rotatable bonds is 4. The Morgan fingerprint density at radius 3 is 2.54 bits per heavy atom. The number of halogens is 2. The van der Waals surface area contributed by atoms with Gasteiger partial charge >= 0.3 is 0 Å². The number of hydrogen-bond acceptors (Lipinski definition) is 5. The molecule has 2 N–H and O–H groups in total. The molecular weight excluding hydrogens is 474 g/mol. The van der Waals surface area contributed by atoms with Gasteiger partial charge in [0.1, 0.15) is 17.6 Å². The second-order valence-corrected chi connectivity index (χ2v) is 8.86. The Morgan fingerprint density at radius 1 is 1.00 bits per heavy atom. The number of piperidine rings is 1. The summed E-state index contributed by atoms with van der Waals surface area (Å²) in [5.74, 6) is -1.75. The molecule has 1 saturated heterocycles. The Kier molecular flexibility index (Phi) is 6.56. The van der Waals surface area contributed by atoms with Gasteiger partial charge in [-0.05, 0) is 67.8 Å². The maximum Gasteiger partial charge on any atom is 0.282 e. The van der Waals surface area contributed by atoms with Crippen LogP contribution in [0.4, 0.5) is 14.5 Å².